The first-order valence-electron chi connectivity index (χ1n) is 6.15. The van der Waals surface area contributed by atoms with Crippen molar-refractivity contribution in [2.24, 2.45) is 0 Å². The van der Waals surface area contributed by atoms with Crippen LogP contribution in [0.15, 0.2) is 43.0 Å². The Kier molecular flexibility index (Phi) is 10.4. The average Bonchev–Trinajstić information content (AvgIpc) is 2.45. The molecule has 0 spiro atoms. The van der Waals surface area contributed by atoms with Gasteiger partial charge < -0.3 is 0 Å². The lowest BCUT2D eigenvalue weighted by atomic mass is 10.2. The van der Waals surface area contributed by atoms with E-state index in [-0.39, 0.29) is 5.78 Å². The number of unbranched alkanes of at least 4 members (excludes halogenated alkanes) is 1. The number of carbonyl (C=O) groups is 2. The highest BCUT2D eigenvalue weighted by Gasteiger charge is 1.87. The van der Waals surface area contributed by atoms with Gasteiger partial charge in [0, 0.05) is 11.4 Å². The van der Waals surface area contributed by atoms with Crippen LogP contribution in [0.1, 0.15) is 31.7 Å². The molecule has 0 unspecified atom stereocenters. The first-order chi connectivity index (χ1) is 9.13. The molecule has 0 aliphatic carbocycles. The fourth-order valence-corrected chi connectivity index (χ4v) is 1.22. The SMILES string of the molecule is C=CCCC=Cc1ccc(Cl)cc1.CCC(=O)C=O. The molecule has 3 heteroatoms. The fourth-order valence-electron chi connectivity index (χ4n) is 1.09. The summed E-state index contributed by atoms with van der Waals surface area (Å²) in [4.78, 5) is 19.2. The Labute approximate surface area is 119 Å². The third kappa shape index (κ3) is 9.98. The summed E-state index contributed by atoms with van der Waals surface area (Å²) in [5.74, 6) is -0.338. The Morgan fingerprint density at radius 1 is 1.26 bits per heavy atom. The van der Waals surface area contributed by atoms with Gasteiger partial charge in [-0.05, 0) is 30.5 Å². The summed E-state index contributed by atoms with van der Waals surface area (Å²) < 4.78 is 0. The summed E-state index contributed by atoms with van der Waals surface area (Å²) >= 11 is 5.76. The Morgan fingerprint density at radius 3 is 2.32 bits per heavy atom. The summed E-state index contributed by atoms with van der Waals surface area (Å²) in [5.41, 5.74) is 1.19. The molecule has 19 heavy (non-hydrogen) atoms. The Balaban J connectivity index is 0.000000459. The van der Waals surface area contributed by atoms with Crippen molar-refractivity contribution in [1.29, 1.82) is 0 Å². The number of rotatable bonds is 6. The van der Waals surface area contributed by atoms with Gasteiger partial charge in [0.1, 0.15) is 0 Å². The van der Waals surface area contributed by atoms with Crippen LogP contribution in [0.5, 0.6) is 0 Å². The van der Waals surface area contributed by atoms with Crippen LogP contribution in [-0.2, 0) is 9.59 Å². The van der Waals surface area contributed by atoms with Crippen molar-refractivity contribution >= 4 is 29.7 Å². The predicted octanol–water partition coefficient (Wildman–Crippen LogP) is 4.48. The standard InChI is InChI=1S/C12H13Cl.C4H6O2/c1-2-3-4-5-6-11-7-9-12(13)10-8-11;1-2-4(6)3-5/h2,5-10H,1,3-4H2;3H,2H2,1H3. The van der Waals surface area contributed by atoms with E-state index in [0.29, 0.717) is 12.7 Å². The molecule has 102 valence electrons. The molecule has 0 aliphatic rings. The summed E-state index contributed by atoms with van der Waals surface area (Å²) in [6.07, 6.45) is 8.90. The molecule has 0 aliphatic heterocycles. The highest BCUT2D eigenvalue weighted by molar-refractivity contribution is 6.30. The lowest BCUT2D eigenvalue weighted by molar-refractivity contribution is -0.129. The van der Waals surface area contributed by atoms with E-state index in [1.54, 1.807) is 6.92 Å². The molecular weight excluding hydrogens is 260 g/mol. The van der Waals surface area contributed by atoms with Crippen LogP contribution in [0, 0.1) is 0 Å². The lowest BCUT2D eigenvalue weighted by Gasteiger charge is -1.92. The van der Waals surface area contributed by atoms with Gasteiger partial charge in [-0.1, -0.05) is 48.9 Å². The van der Waals surface area contributed by atoms with Crippen LogP contribution in [0.2, 0.25) is 5.02 Å². The summed E-state index contributed by atoms with van der Waals surface area (Å²) in [7, 11) is 0. The van der Waals surface area contributed by atoms with Gasteiger partial charge in [-0.15, -0.1) is 6.58 Å². The number of carbonyl (C=O) groups excluding carboxylic acids is 2. The third-order valence-corrected chi connectivity index (χ3v) is 2.45. The van der Waals surface area contributed by atoms with Crippen molar-refractivity contribution in [3.63, 3.8) is 0 Å². The van der Waals surface area contributed by atoms with Gasteiger partial charge in [-0.25, -0.2) is 0 Å². The van der Waals surface area contributed by atoms with Crippen molar-refractivity contribution < 1.29 is 9.59 Å². The van der Waals surface area contributed by atoms with Crippen LogP contribution < -0.4 is 0 Å². The normalized spacial score (nSPS) is 9.58. The molecule has 0 heterocycles. The minimum atomic E-state index is -0.338. The maximum Gasteiger partial charge on any atom is 0.194 e. The van der Waals surface area contributed by atoms with Crippen LogP contribution in [-0.4, -0.2) is 12.1 Å². The Bertz CT molecular complexity index is 419. The quantitative estimate of drug-likeness (QED) is 0.333. The molecule has 0 amide bonds. The van der Waals surface area contributed by atoms with Crippen molar-refractivity contribution in [2.45, 2.75) is 26.2 Å². The molecule has 0 atom stereocenters. The van der Waals surface area contributed by atoms with Gasteiger partial charge >= 0.3 is 0 Å². The third-order valence-electron chi connectivity index (χ3n) is 2.20. The summed E-state index contributed by atoms with van der Waals surface area (Å²) in [6.45, 7) is 5.32. The zero-order chi connectivity index (χ0) is 14.5. The van der Waals surface area contributed by atoms with E-state index in [4.69, 9.17) is 11.6 Å². The lowest BCUT2D eigenvalue weighted by Crippen LogP contribution is -1.92. The minimum Gasteiger partial charge on any atom is -0.295 e. The van der Waals surface area contributed by atoms with E-state index in [1.807, 2.05) is 30.3 Å². The van der Waals surface area contributed by atoms with Crippen LogP contribution in [0.4, 0.5) is 0 Å². The molecule has 0 bridgehead atoms. The number of allylic oxidation sites excluding steroid dienone is 2. The minimum absolute atomic E-state index is 0.323. The van der Waals surface area contributed by atoms with Crippen molar-refractivity contribution in [3.8, 4) is 0 Å². The first-order valence-corrected chi connectivity index (χ1v) is 6.52. The van der Waals surface area contributed by atoms with E-state index in [1.165, 1.54) is 5.56 Å². The molecule has 0 fully saturated rings. The van der Waals surface area contributed by atoms with Gasteiger partial charge in [0.2, 0.25) is 0 Å². The molecule has 0 saturated carbocycles. The first kappa shape index (κ1) is 17.3. The maximum atomic E-state index is 9.81. The topological polar surface area (TPSA) is 34.1 Å². The Hall–Kier alpha value is -1.67. The maximum absolute atomic E-state index is 9.81. The fraction of sp³-hybridized carbons (Fsp3) is 0.250. The van der Waals surface area contributed by atoms with E-state index >= 15 is 0 Å². The number of ketones is 1. The van der Waals surface area contributed by atoms with E-state index in [0.717, 1.165) is 17.9 Å². The van der Waals surface area contributed by atoms with Gasteiger partial charge in [0.15, 0.2) is 12.1 Å². The van der Waals surface area contributed by atoms with Crippen LogP contribution in [0.3, 0.4) is 0 Å². The second-order valence-electron chi connectivity index (χ2n) is 3.76. The highest BCUT2D eigenvalue weighted by atomic mass is 35.5. The zero-order valence-electron chi connectivity index (χ0n) is 11.1. The number of hydrogen-bond donors (Lipinski definition) is 0. The monoisotopic (exact) mass is 278 g/mol. The highest BCUT2D eigenvalue weighted by Crippen LogP contribution is 2.10. The number of halogens is 1. The molecule has 1 aromatic rings. The van der Waals surface area contributed by atoms with Crippen LogP contribution in [0.25, 0.3) is 6.08 Å². The van der Waals surface area contributed by atoms with Gasteiger partial charge in [0.05, 0.1) is 0 Å². The van der Waals surface area contributed by atoms with Crippen LogP contribution >= 0.6 is 11.6 Å². The summed E-state index contributed by atoms with van der Waals surface area (Å²) in [5, 5.41) is 0.781. The molecule has 0 N–H and O–H groups in total. The average molecular weight is 279 g/mol. The van der Waals surface area contributed by atoms with E-state index in [9.17, 15) is 9.59 Å². The molecule has 1 rings (SSSR count). The second-order valence-corrected chi connectivity index (χ2v) is 4.19. The molecule has 0 saturated heterocycles. The number of aldehydes is 1. The molecule has 0 aromatic heterocycles. The van der Waals surface area contributed by atoms with E-state index < -0.39 is 0 Å². The molecular formula is C16H19ClO2. The van der Waals surface area contributed by atoms with Crippen molar-refractivity contribution in [3.05, 3.63) is 53.6 Å². The molecule has 0 radical (unpaired) electrons. The number of benzene rings is 1. The predicted molar refractivity (Wildman–Crippen MR) is 81.3 cm³/mol. The van der Waals surface area contributed by atoms with Crippen molar-refractivity contribution in [1.82, 2.24) is 0 Å². The van der Waals surface area contributed by atoms with Crippen molar-refractivity contribution in [2.75, 3.05) is 0 Å². The zero-order valence-corrected chi connectivity index (χ0v) is 11.9. The molecule has 2 nitrogen and oxygen atoms in total. The smallest absolute Gasteiger partial charge is 0.194 e. The van der Waals surface area contributed by atoms with Gasteiger partial charge in [-0.3, -0.25) is 9.59 Å². The number of hydrogen-bond acceptors (Lipinski definition) is 2. The number of Topliss-reactive ketones (excluding diaryl/α,β-unsaturated/α-hetero) is 1. The summed E-state index contributed by atoms with van der Waals surface area (Å²) in [6, 6.07) is 7.81. The second kappa shape index (κ2) is 11.4. The molecule has 1 aromatic carbocycles. The Morgan fingerprint density at radius 2 is 1.89 bits per heavy atom. The van der Waals surface area contributed by atoms with Gasteiger partial charge in [0.25, 0.3) is 0 Å². The van der Waals surface area contributed by atoms with E-state index in [2.05, 4.69) is 18.7 Å². The van der Waals surface area contributed by atoms with Gasteiger partial charge in [-0.2, -0.15) is 0 Å². The largest absolute Gasteiger partial charge is 0.295 e.